The number of carbonyl (C=O) groups excluding carboxylic acids is 2. The molecular weight excluding hydrogens is 474 g/mol. The lowest BCUT2D eigenvalue weighted by Gasteiger charge is -2.27. The number of aliphatic hydroxyl groups is 1. The summed E-state index contributed by atoms with van der Waals surface area (Å²) >= 11 is 0. The van der Waals surface area contributed by atoms with E-state index in [1.165, 1.54) is 4.90 Å². The van der Waals surface area contributed by atoms with Crippen molar-refractivity contribution in [1.82, 2.24) is 4.90 Å². The van der Waals surface area contributed by atoms with Crippen molar-refractivity contribution in [3.8, 4) is 5.75 Å². The van der Waals surface area contributed by atoms with E-state index in [0.29, 0.717) is 11.3 Å². The minimum Gasteiger partial charge on any atom is -0.507 e. The van der Waals surface area contributed by atoms with Gasteiger partial charge in [0.15, 0.2) is 0 Å². The Hall–Kier alpha value is -4.38. The lowest BCUT2D eigenvalue weighted by Crippen LogP contribution is -2.29. The van der Waals surface area contributed by atoms with Crippen molar-refractivity contribution in [2.75, 3.05) is 7.11 Å². The predicted octanol–water partition coefficient (Wildman–Crippen LogP) is 6.77. The Morgan fingerprint density at radius 1 is 0.868 bits per heavy atom. The third-order valence-corrected chi connectivity index (χ3v) is 7.21. The van der Waals surface area contributed by atoms with E-state index < -0.39 is 17.7 Å². The number of benzene rings is 4. The van der Waals surface area contributed by atoms with E-state index in [2.05, 4.69) is 20.8 Å². The normalized spacial score (nSPS) is 17.3. The van der Waals surface area contributed by atoms with Crippen molar-refractivity contribution in [3.05, 3.63) is 119 Å². The maximum absolute atomic E-state index is 13.6. The Kier molecular flexibility index (Phi) is 6.53. The smallest absolute Gasteiger partial charge is 0.295 e. The zero-order chi connectivity index (χ0) is 27.0. The first-order valence-electron chi connectivity index (χ1n) is 12.7. The fourth-order valence-corrected chi connectivity index (χ4v) is 5.15. The van der Waals surface area contributed by atoms with Gasteiger partial charge < -0.3 is 14.7 Å². The second kappa shape index (κ2) is 9.82. The maximum Gasteiger partial charge on any atom is 0.295 e. The summed E-state index contributed by atoms with van der Waals surface area (Å²) in [5.74, 6) is -0.893. The zero-order valence-corrected chi connectivity index (χ0v) is 22.1. The molecule has 0 spiro atoms. The van der Waals surface area contributed by atoms with E-state index in [0.717, 1.165) is 27.5 Å². The molecule has 5 heteroatoms. The van der Waals surface area contributed by atoms with Gasteiger partial charge in [-0.05, 0) is 33.4 Å². The van der Waals surface area contributed by atoms with Gasteiger partial charge in [0.05, 0.1) is 25.3 Å². The van der Waals surface area contributed by atoms with E-state index in [1.54, 1.807) is 13.2 Å². The van der Waals surface area contributed by atoms with Gasteiger partial charge in [0.25, 0.3) is 11.7 Å². The van der Waals surface area contributed by atoms with Gasteiger partial charge in [-0.25, -0.2) is 0 Å². The van der Waals surface area contributed by atoms with Gasteiger partial charge in [-0.1, -0.05) is 106 Å². The topological polar surface area (TPSA) is 66.8 Å². The molecule has 0 aromatic heterocycles. The number of hydrogen-bond acceptors (Lipinski definition) is 4. The molecule has 4 aromatic rings. The van der Waals surface area contributed by atoms with Gasteiger partial charge in [-0.15, -0.1) is 0 Å². The molecule has 0 saturated carbocycles. The second-order valence-electron chi connectivity index (χ2n) is 10.6. The molecule has 5 nitrogen and oxygen atoms in total. The Morgan fingerprint density at radius 2 is 1.53 bits per heavy atom. The first-order chi connectivity index (χ1) is 18.2. The Morgan fingerprint density at radius 3 is 2.24 bits per heavy atom. The summed E-state index contributed by atoms with van der Waals surface area (Å²) in [7, 11) is 1.58. The van der Waals surface area contributed by atoms with Crippen molar-refractivity contribution >= 4 is 28.2 Å². The highest BCUT2D eigenvalue weighted by molar-refractivity contribution is 6.46. The number of hydrogen-bond donors (Lipinski definition) is 1. The van der Waals surface area contributed by atoms with Crippen LogP contribution in [0.4, 0.5) is 0 Å². The summed E-state index contributed by atoms with van der Waals surface area (Å²) < 4.78 is 5.52. The van der Waals surface area contributed by atoms with E-state index in [-0.39, 0.29) is 23.3 Å². The molecule has 192 valence electrons. The fraction of sp³-hybridized carbons (Fsp3) is 0.212. The van der Waals surface area contributed by atoms with Crippen LogP contribution in [0, 0.1) is 0 Å². The molecule has 0 bridgehead atoms. The SMILES string of the molecule is COc1ccccc1CN1C(=O)C(=O)/C(=C(\O)c2cccc3ccccc23)C1c1ccc(C(C)(C)C)cc1. The standard InChI is InChI=1S/C33H31NO4/c1-33(2,3)24-18-16-22(17-19-24)29-28(30(35)26-14-9-12-21-10-5-7-13-25(21)26)31(36)32(37)34(29)20-23-11-6-8-15-27(23)38-4/h5-19,29,35H,20H2,1-4H3/b30-28-. The molecule has 1 N–H and O–H groups in total. The van der Waals surface area contributed by atoms with Crippen LogP contribution in [0.25, 0.3) is 16.5 Å². The monoisotopic (exact) mass is 505 g/mol. The number of Topliss-reactive ketones (excluding diaryl/α,β-unsaturated/α-hetero) is 1. The highest BCUT2D eigenvalue weighted by Crippen LogP contribution is 2.42. The molecule has 5 rings (SSSR count). The molecule has 1 heterocycles. The molecule has 1 amide bonds. The molecular formula is C33H31NO4. The van der Waals surface area contributed by atoms with Crippen LogP contribution in [0.15, 0.2) is 96.6 Å². The number of rotatable bonds is 5. The second-order valence-corrected chi connectivity index (χ2v) is 10.6. The molecule has 1 aliphatic heterocycles. The molecule has 1 aliphatic rings. The molecule has 0 aliphatic carbocycles. The number of nitrogens with zero attached hydrogens (tertiary/aromatic N) is 1. The fourth-order valence-electron chi connectivity index (χ4n) is 5.15. The molecule has 1 saturated heterocycles. The number of amides is 1. The average molecular weight is 506 g/mol. The number of likely N-dealkylation sites (tertiary alicyclic amines) is 1. The van der Waals surface area contributed by atoms with Crippen LogP contribution in [0.2, 0.25) is 0 Å². The number of aliphatic hydroxyl groups excluding tert-OH is 1. The van der Waals surface area contributed by atoms with Gasteiger partial charge in [0.2, 0.25) is 0 Å². The minimum absolute atomic E-state index is 0.0549. The molecule has 4 aromatic carbocycles. The quantitative estimate of drug-likeness (QED) is 0.185. The Bertz CT molecular complexity index is 1550. The van der Waals surface area contributed by atoms with E-state index >= 15 is 0 Å². The van der Waals surface area contributed by atoms with Crippen molar-refractivity contribution in [3.63, 3.8) is 0 Å². The Labute approximate surface area is 223 Å². The highest BCUT2D eigenvalue weighted by Gasteiger charge is 2.46. The van der Waals surface area contributed by atoms with Gasteiger partial charge >= 0.3 is 0 Å². The van der Waals surface area contributed by atoms with Crippen LogP contribution in [-0.2, 0) is 21.5 Å². The maximum atomic E-state index is 13.6. The third-order valence-electron chi connectivity index (χ3n) is 7.21. The van der Waals surface area contributed by atoms with Crippen LogP contribution >= 0.6 is 0 Å². The first kappa shape index (κ1) is 25.3. The summed E-state index contributed by atoms with van der Waals surface area (Å²) in [5, 5.41) is 13.4. The zero-order valence-electron chi connectivity index (χ0n) is 22.1. The van der Waals surface area contributed by atoms with Crippen LogP contribution in [-0.4, -0.2) is 28.8 Å². The first-order valence-corrected chi connectivity index (χ1v) is 12.7. The van der Waals surface area contributed by atoms with E-state index in [4.69, 9.17) is 4.74 Å². The van der Waals surface area contributed by atoms with Gasteiger partial charge in [0.1, 0.15) is 11.5 Å². The van der Waals surface area contributed by atoms with Crippen molar-refractivity contribution in [2.45, 2.75) is 38.8 Å². The van der Waals surface area contributed by atoms with Crippen LogP contribution in [0.3, 0.4) is 0 Å². The molecule has 38 heavy (non-hydrogen) atoms. The summed E-state index contributed by atoms with van der Waals surface area (Å²) in [5.41, 5.74) is 3.23. The summed E-state index contributed by atoms with van der Waals surface area (Å²) in [6.07, 6.45) is 0. The van der Waals surface area contributed by atoms with Crippen LogP contribution < -0.4 is 4.74 Å². The van der Waals surface area contributed by atoms with Gasteiger partial charge in [-0.2, -0.15) is 0 Å². The lowest BCUT2D eigenvalue weighted by atomic mass is 9.85. The van der Waals surface area contributed by atoms with E-state index in [9.17, 15) is 14.7 Å². The average Bonchev–Trinajstić information content (AvgIpc) is 3.17. The predicted molar refractivity (Wildman–Crippen MR) is 150 cm³/mol. The third kappa shape index (κ3) is 4.45. The van der Waals surface area contributed by atoms with Crippen molar-refractivity contribution in [1.29, 1.82) is 0 Å². The number of para-hydroxylation sites is 1. The lowest BCUT2D eigenvalue weighted by molar-refractivity contribution is -0.140. The number of ether oxygens (including phenoxy) is 1. The van der Waals surface area contributed by atoms with E-state index in [1.807, 2.05) is 84.9 Å². The van der Waals surface area contributed by atoms with Crippen LogP contribution in [0.1, 0.15) is 49.1 Å². The summed E-state index contributed by atoms with van der Waals surface area (Å²) in [4.78, 5) is 28.6. The van der Waals surface area contributed by atoms with Crippen LogP contribution in [0.5, 0.6) is 5.75 Å². The molecule has 0 radical (unpaired) electrons. The molecule has 1 unspecified atom stereocenters. The molecule has 1 atom stereocenters. The minimum atomic E-state index is -0.757. The highest BCUT2D eigenvalue weighted by atomic mass is 16.5. The van der Waals surface area contributed by atoms with Crippen molar-refractivity contribution < 1.29 is 19.4 Å². The number of ketones is 1. The largest absolute Gasteiger partial charge is 0.507 e. The number of methoxy groups -OCH3 is 1. The summed E-state index contributed by atoms with van der Waals surface area (Å²) in [6, 6.07) is 27.9. The van der Waals surface area contributed by atoms with Gasteiger partial charge in [-0.3, -0.25) is 9.59 Å². The van der Waals surface area contributed by atoms with Crippen molar-refractivity contribution in [2.24, 2.45) is 0 Å². The number of fused-ring (bicyclic) bond motifs is 1. The van der Waals surface area contributed by atoms with Gasteiger partial charge in [0, 0.05) is 11.1 Å². The summed E-state index contributed by atoms with van der Waals surface area (Å²) in [6.45, 7) is 6.56. The Balaban J connectivity index is 1.70. The molecule has 1 fully saturated rings. The number of carbonyl (C=O) groups is 2.